The highest BCUT2D eigenvalue weighted by Crippen LogP contribution is 2.30. The van der Waals surface area contributed by atoms with Gasteiger partial charge < -0.3 is 4.57 Å². The van der Waals surface area contributed by atoms with Gasteiger partial charge in [-0.1, -0.05) is 0 Å². The number of aromatic nitrogens is 1. The molecule has 1 nitrogen and oxygen atoms in total. The lowest BCUT2D eigenvalue weighted by Crippen LogP contribution is -2.08. The summed E-state index contributed by atoms with van der Waals surface area (Å²) in [6.45, 7) is 4.20. The third-order valence-corrected chi connectivity index (χ3v) is 2.71. The van der Waals surface area contributed by atoms with E-state index < -0.39 is 5.51 Å². The predicted octanol–water partition coefficient (Wildman–Crippen LogP) is 3.36. The van der Waals surface area contributed by atoms with Crippen LogP contribution in [-0.2, 0) is 6.54 Å². The molecule has 1 rings (SSSR count). The third kappa shape index (κ3) is 3.29. The fourth-order valence-electron chi connectivity index (χ4n) is 1.30. The Morgan fingerprint density at radius 3 is 2.14 bits per heavy atom. The minimum Gasteiger partial charge on any atom is -0.348 e. The first-order chi connectivity index (χ1) is 6.40. The van der Waals surface area contributed by atoms with Crippen LogP contribution in [0.3, 0.4) is 0 Å². The Bertz CT molecular complexity index is 284. The topological polar surface area (TPSA) is 4.93 Å². The summed E-state index contributed by atoms with van der Waals surface area (Å²) in [5, 5.41) is 0. The van der Waals surface area contributed by atoms with E-state index in [-0.39, 0.29) is 17.5 Å². The van der Waals surface area contributed by atoms with Gasteiger partial charge in [0.2, 0.25) is 0 Å². The van der Waals surface area contributed by atoms with E-state index in [0.717, 1.165) is 11.4 Å². The average molecular weight is 223 g/mol. The summed E-state index contributed by atoms with van der Waals surface area (Å²) in [6.07, 6.45) is 0. The predicted molar refractivity (Wildman–Crippen MR) is 52.4 cm³/mol. The van der Waals surface area contributed by atoms with Gasteiger partial charge in [0.15, 0.2) is 0 Å². The van der Waals surface area contributed by atoms with E-state index in [9.17, 15) is 13.2 Å². The van der Waals surface area contributed by atoms with Gasteiger partial charge in [0.1, 0.15) is 0 Å². The molecule has 80 valence electrons. The molecule has 5 heteroatoms. The van der Waals surface area contributed by atoms with E-state index in [0.29, 0.717) is 6.54 Å². The van der Waals surface area contributed by atoms with Gasteiger partial charge in [-0.25, -0.2) is 0 Å². The van der Waals surface area contributed by atoms with Gasteiger partial charge in [-0.3, -0.25) is 0 Å². The number of hydrogen-bond acceptors (Lipinski definition) is 1. The quantitative estimate of drug-likeness (QED) is 0.760. The summed E-state index contributed by atoms with van der Waals surface area (Å²) < 4.78 is 37.4. The summed E-state index contributed by atoms with van der Waals surface area (Å²) >= 11 is 0.0284. The van der Waals surface area contributed by atoms with Crippen LogP contribution in [0.1, 0.15) is 11.4 Å². The molecule has 0 aliphatic carbocycles. The number of halogens is 3. The molecule has 0 saturated carbocycles. The minimum atomic E-state index is -4.12. The maximum absolute atomic E-state index is 11.8. The molecule has 0 fully saturated rings. The molecule has 0 aromatic carbocycles. The third-order valence-electron chi connectivity index (χ3n) is 2.00. The number of alkyl halides is 3. The first-order valence-electron chi connectivity index (χ1n) is 4.23. The van der Waals surface area contributed by atoms with Crippen molar-refractivity contribution in [1.82, 2.24) is 4.57 Å². The summed E-state index contributed by atoms with van der Waals surface area (Å²) in [4.78, 5) is 0. The van der Waals surface area contributed by atoms with Crippen molar-refractivity contribution in [1.29, 1.82) is 0 Å². The van der Waals surface area contributed by atoms with Gasteiger partial charge in [0.25, 0.3) is 0 Å². The van der Waals surface area contributed by atoms with Crippen molar-refractivity contribution < 1.29 is 13.2 Å². The van der Waals surface area contributed by atoms with Crippen LogP contribution in [0.5, 0.6) is 0 Å². The van der Waals surface area contributed by atoms with Crippen molar-refractivity contribution in [2.75, 3.05) is 5.75 Å². The molecule has 0 bridgehead atoms. The molecular formula is C9H12F3NS. The van der Waals surface area contributed by atoms with E-state index in [1.807, 2.05) is 30.5 Å². The normalized spacial score (nSPS) is 12.1. The molecule has 1 aromatic rings. The van der Waals surface area contributed by atoms with Crippen molar-refractivity contribution >= 4 is 11.8 Å². The van der Waals surface area contributed by atoms with Crippen LogP contribution in [0.15, 0.2) is 12.1 Å². The van der Waals surface area contributed by atoms with Crippen LogP contribution in [-0.4, -0.2) is 15.8 Å². The molecule has 14 heavy (non-hydrogen) atoms. The lowest BCUT2D eigenvalue weighted by molar-refractivity contribution is -0.0328. The van der Waals surface area contributed by atoms with Crippen LogP contribution in [0.2, 0.25) is 0 Å². The molecule has 1 heterocycles. The van der Waals surface area contributed by atoms with Gasteiger partial charge in [-0.15, -0.1) is 0 Å². The second-order valence-corrected chi connectivity index (χ2v) is 4.22. The van der Waals surface area contributed by atoms with Crippen molar-refractivity contribution in [2.24, 2.45) is 0 Å². The monoisotopic (exact) mass is 223 g/mol. The largest absolute Gasteiger partial charge is 0.441 e. The molecule has 0 aliphatic heterocycles. The molecule has 0 radical (unpaired) electrons. The highest BCUT2D eigenvalue weighted by molar-refractivity contribution is 8.00. The zero-order valence-electron chi connectivity index (χ0n) is 8.06. The zero-order chi connectivity index (χ0) is 10.8. The molecule has 1 aromatic heterocycles. The van der Waals surface area contributed by atoms with E-state index in [1.54, 1.807) is 0 Å². The molecule has 0 amide bonds. The van der Waals surface area contributed by atoms with Crippen molar-refractivity contribution in [3.05, 3.63) is 23.5 Å². The van der Waals surface area contributed by atoms with E-state index in [4.69, 9.17) is 0 Å². The number of thioether (sulfide) groups is 1. The maximum atomic E-state index is 11.8. The second-order valence-electron chi connectivity index (χ2n) is 3.06. The smallest absolute Gasteiger partial charge is 0.348 e. The van der Waals surface area contributed by atoms with Gasteiger partial charge >= 0.3 is 5.51 Å². The van der Waals surface area contributed by atoms with Crippen LogP contribution in [0.25, 0.3) is 0 Å². The molecule has 0 atom stereocenters. The van der Waals surface area contributed by atoms with Crippen LogP contribution < -0.4 is 0 Å². The summed E-state index contributed by atoms with van der Waals surface area (Å²) in [6, 6.07) is 3.82. The first kappa shape index (κ1) is 11.5. The van der Waals surface area contributed by atoms with Gasteiger partial charge in [0.05, 0.1) is 0 Å². The summed E-state index contributed by atoms with van der Waals surface area (Å²) in [5.74, 6) is 0.0693. The summed E-state index contributed by atoms with van der Waals surface area (Å²) in [5.41, 5.74) is -2.11. The standard InChI is InChI=1S/C9H12F3NS/c1-7-3-4-8(2)13(7)5-6-14-9(10,11)12/h3-4H,5-6H2,1-2H3. The molecule has 0 unspecified atom stereocenters. The Morgan fingerprint density at radius 1 is 1.21 bits per heavy atom. The Morgan fingerprint density at radius 2 is 1.71 bits per heavy atom. The molecule has 0 saturated heterocycles. The Kier molecular flexibility index (Phi) is 3.53. The fraction of sp³-hybridized carbons (Fsp3) is 0.556. The zero-order valence-corrected chi connectivity index (χ0v) is 8.87. The Labute approximate surface area is 85.3 Å². The molecule has 0 spiro atoms. The SMILES string of the molecule is Cc1ccc(C)n1CCSC(F)(F)F. The van der Waals surface area contributed by atoms with Crippen LogP contribution in [0.4, 0.5) is 13.2 Å². The number of rotatable bonds is 3. The van der Waals surface area contributed by atoms with Crippen LogP contribution in [0, 0.1) is 13.8 Å². The van der Waals surface area contributed by atoms with E-state index >= 15 is 0 Å². The average Bonchev–Trinajstić information content (AvgIpc) is 2.33. The van der Waals surface area contributed by atoms with Crippen molar-refractivity contribution in [2.45, 2.75) is 25.9 Å². The minimum absolute atomic E-state index is 0.0284. The lowest BCUT2D eigenvalue weighted by atomic mass is 10.5. The highest BCUT2D eigenvalue weighted by Gasteiger charge is 2.27. The molecular weight excluding hydrogens is 211 g/mol. The number of hydrogen-bond donors (Lipinski definition) is 0. The Balaban J connectivity index is 2.46. The van der Waals surface area contributed by atoms with Crippen LogP contribution >= 0.6 is 11.8 Å². The first-order valence-corrected chi connectivity index (χ1v) is 5.22. The van der Waals surface area contributed by atoms with Crippen molar-refractivity contribution in [3.63, 3.8) is 0 Å². The van der Waals surface area contributed by atoms with E-state index in [1.165, 1.54) is 0 Å². The molecule has 0 N–H and O–H groups in total. The second kappa shape index (κ2) is 4.29. The lowest BCUT2D eigenvalue weighted by Gasteiger charge is -2.10. The van der Waals surface area contributed by atoms with E-state index in [2.05, 4.69) is 0 Å². The van der Waals surface area contributed by atoms with Crippen molar-refractivity contribution in [3.8, 4) is 0 Å². The Hall–Kier alpha value is -0.580. The van der Waals surface area contributed by atoms with Gasteiger partial charge in [0, 0.05) is 23.7 Å². The number of nitrogens with zero attached hydrogens (tertiary/aromatic N) is 1. The fourth-order valence-corrected chi connectivity index (χ4v) is 1.81. The maximum Gasteiger partial charge on any atom is 0.441 e. The van der Waals surface area contributed by atoms with Gasteiger partial charge in [-0.2, -0.15) is 13.2 Å². The molecule has 0 aliphatic rings. The summed E-state index contributed by atoms with van der Waals surface area (Å²) in [7, 11) is 0. The number of aryl methyl sites for hydroxylation is 2. The van der Waals surface area contributed by atoms with Gasteiger partial charge in [-0.05, 0) is 37.7 Å². The highest BCUT2D eigenvalue weighted by atomic mass is 32.2.